The van der Waals surface area contributed by atoms with Gasteiger partial charge >= 0.3 is 0 Å². The number of amides is 1. The normalized spacial score (nSPS) is 21.2. The number of rotatable bonds is 6. The Balaban J connectivity index is 1.73. The van der Waals surface area contributed by atoms with Crippen LogP contribution in [0.1, 0.15) is 22.7 Å². The van der Waals surface area contributed by atoms with Gasteiger partial charge in [-0.05, 0) is 36.2 Å². The van der Waals surface area contributed by atoms with E-state index in [1.165, 1.54) is 0 Å². The second kappa shape index (κ2) is 9.54. The van der Waals surface area contributed by atoms with Crippen LogP contribution in [0.3, 0.4) is 0 Å². The van der Waals surface area contributed by atoms with Crippen molar-refractivity contribution in [2.24, 2.45) is 0 Å². The minimum atomic E-state index is -0.659. The van der Waals surface area contributed by atoms with E-state index < -0.39 is 17.7 Å². The summed E-state index contributed by atoms with van der Waals surface area (Å²) < 4.78 is 10.6. The van der Waals surface area contributed by atoms with Crippen molar-refractivity contribution in [3.8, 4) is 5.75 Å². The van der Waals surface area contributed by atoms with Gasteiger partial charge in [-0.25, -0.2) is 0 Å². The minimum Gasteiger partial charge on any atom is -0.507 e. The number of morpholine rings is 1. The number of carbonyl (C=O) groups excluding carboxylic acids is 2. The van der Waals surface area contributed by atoms with Crippen LogP contribution >= 0.6 is 0 Å². The molecular weight excluding hydrogens is 408 g/mol. The van der Waals surface area contributed by atoms with Crippen LogP contribution in [0.15, 0.2) is 54.1 Å². The van der Waals surface area contributed by atoms with E-state index in [0.29, 0.717) is 37.6 Å². The lowest BCUT2D eigenvalue weighted by Gasteiger charge is -2.31. The van der Waals surface area contributed by atoms with Crippen molar-refractivity contribution in [1.29, 1.82) is 0 Å². The van der Waals surface area contributed by atoms with E-state index >= 15 is 0 Å². The predicted octanol–water partition coefficient (Wildman–Crippen LogP) is 2.76. The smallest absolute Gasteiger partial charge is 0.295 e. The summed E-state index contributed by atoms with van der Waals surface area (Å²) in [6, 6.07) is 14.0. The molecule has 1 amide bonds. The highest BCUT2D eigenvalue weighted by molar-refractivity contribution is 6.46. The monoisotopic (exact) mass is 436 g/mol. The zero-order valence-electron chi connectivity index (χ0n) is 18.4. The number of hydrogen-bond acceptors (Lipinski definition) is 6. The molecule has 1 unspecified atom stereocenters. The van der Waals surface area contributed by atoms with Crippen LogP contribution in [-0.2, 0) is 14.3 Å². The van der Waals surface area contributed by atoms with E-state index in [1.807, 2.05) is 37.3 Å². The average Bonchev–Trinajstić information content (AvgIpc) is 3.08. The zero-order valence-corrected chi connectivity index (χ0v) is 18.4. The number of Topliss-reactive ketones (excluding diaryl/α,β-unsaturated/α-hetero) is 1. The van der Waals surface area contributed by atoms with Gasteiger partial charge < -0.3 is 19.5 Å². The Labute approximate surface area is 187 Å². The topological polar surface area (TPSA) is 79.3 Å². The summed E-state index contributed by atoms with van der Waals surface area (Å²) >= 11 is 0. The van der Waals surface area contributed by atoms with Gasteiger partial charge in [0.05, 0.1) is 31.9 Å². The Morgan fingerprint density at radius 2 is 1.81 bits per heavy atom. The number of ketones is 1. The first-order valence-corrected chi connectivity index (χ1v) is 10.8. The average molecular weight is 437 g/mol. The van der Waals surface area contributed by atoms with E-state index in [0.717, 1.165) is 24.2 Å². The molecule has 1 N–H and O–H groups in total. The lowest BCUT2D eigenvalue weighted by molar-refractivity contribution is -0.140. The summed E-state index contributed by atoms with van der Waals surface area (Å²) in [5.74, 6) is -0.746. The maximum Gasteiger partial charge on any atom is 0.295 e. The van der Waals surface area contributed by atoms with Crippen LogP contribution in [0, 0.1) is 6.92 Å². The molecular formula is C25H28N2O5. The molecule has 2 saturated heterocycles. The van der Waals surface area contributed by atoms with Gasteiger partial charge in [0, 0.05) is 31.7 Å². The van der Waals surface area contributed by atoms with Gasteiger partial charge in [0.1, 0.15) is 11.5 Å². The summed E-state index contributed by atoms with van der Waals surface area (Å²) in [7, 11) is 1.57. The zero-order chi connectivity index (χ0) is 22.7. The van der Waals surface area contributed by atoms with Gasteiger partial charge in [-0.3, -0.25) is 14.5 Å². The predicted molar refractivity (Wildman–Crippen MR) is 120 cm³/mol. The third-order valence-corrected chi connectivity index (χ3v) is 6.10. The van der Waals surface area contributed by atoms with Gasteiger partial charge in [0.15, 0.2) is 0 Å². The summed E-state index contributed by atoms with van der Waals surface area (Å²) in [5, 5.41) is 11.2. The molecule has 7 heteroatoms. The first-order valence-electron chi connectivity index (χ1n) is 10.8. The number of methoxy groups -OCH3 is 1. The fourth-order valence-corrected chi connectivity index (χ4v) is 4.34. The second-order valence-corrected chi connectivity index (χ2v) is 8.04. The number of carbonyl (C=O) groups is 2. The SMILES string of the molecule is COc1ccc(/C(O)=C2/C(=O)C(=O)N(CCN3CCOCC3)C2c2ccccc2)c(C)c1. The van der Waals surface area contributed by atoms with Gasteiger partial charge in [-0.15, -0.1) is 0 Å². The lowest BCUT2D eigenvalue weighted by Crippen LogP contribution is -2.42. The van der Waals surface area contributed by atoms with Crippen LogP contribution in [-0.4, -0.2) is 73.1 Å². The van der Waals surface area contributed by atoms with Crippen molar-refractivity contribution in [3.05, 3.63) is 70.8 Å². The molecule has 2 heterocycles. The van der Waals surface area contributed by atoms with Gasteiger partial charge in [0.2, 0.25) is 0 Å². The van der Waals surface area contributed by atoms with Crippen LogP contribution in [0.4, 0.5) is 0 Å². The van der Waals surface area contributed by atoms with E-state index in [-0.39, 0.29) is 11.3 Å². The molecule has 2 fully saturated rings. The number of benzene rings is 2. The Morgan fingerprint density at radius 3 is 2.47 bits per heavy atom. The van der Waals surface area contributed by atoms with Gasteiger partial charge in [-0.2, -0.15) is 0 Å². The van der Waals surface area contributed by atoms with Crippen molar-refractivity contribution >= 4 is 17.4 Å². The molecule has 2 aromatic rings. The molecule has 0 spiro atoms. The molecule has 168 valence electrons. The number of ether oxygens (including phenoxy) is 2. The Kier molecular flexibility index (Phi) is 6.58. The number of nitrogens with zero attached hydrogens (tertiary/aromatic N) is 2. The van der Waals surface area contributed by atoms with Crippen LogP contribution in [0.2, 0.25) is 0 Å². The van der Waals surface area contributed by atoms with Gasteiger partial charge in [-0.1, -0.05) is 30.3 Å². The highest BCUT2D eigenvalue weighted by Crippen LogP contribution is 2.40. The van der Waals surface area contributed by atoms with Crippen molar-refractivity contribution < 1.29 is 24.2 Å². The number of aliphatic hydroxyl groups is 1. The highest BCUT2D eigenvalue weighted by atomic mass is 16.5. The van der Waals surface area contributed by atoms with E-state index in [1.54, 1.807) is 30.2 Å². The summed E-state index contributed by atoms with van der Waals surface area (Å²) in [5.41, 5.74) is 2.18. The maximum atomic E-state index is 13.1. The standard InChI is InChI=1S/C25H28N2O5/c1-17-16-19(31-2)8-9-20(17)23(28)21-22(18-6-4-3-5-7-18)27(25(30)24(21)29)11-10-26-12-14-32-15-13-26/h3-9,16,22,28H,10-15H2,1-2H3/b23-21-. The quantitative estimate of drug-likeness (QED) is 0.426. The Hall–Kier alpha value is -3.16. The largest absolute Gasteiger partial charge is 0.507 e. The Bertz CT molecular complexity index is 1030. The molecule has 4 rings (SSSR count). The molecule has 0 aromatic heterocycles. The fourth-order valence-electron chi connectivity index (χ4n) is 4.34. The van der Waals surface area contributed by atoms with Crippen molar-refractivity contribution in [2.45, 2.75) is 13.0 Å². The number of hydrogen-bond donors (Lipinski definition) is 1. The lowest BCUT2D eigenvalue weighted by atomic mass is 9.94. The van der Waals surface area contributed by atoms with Crippen LogP contribution in [0.25, 0.3) is 5.76 Å². The maximum absolute atomic E-state index is 13.1. The minimum absolute atomic E-state index is 0.122. The molecule has 2 aliphatic rings. The molecule has 7 nitrogen and oxygen atoms in total. The summed E-state index contributed by atoms with van der Waals surface area (Å²) in [6.45, 7) is 5.79. The molecule has 0 bridgehead atoms. The Morgan fingerprint density at radius 1 is 1.09 bits per heavy atom. The first kappa shape index (κ1) is 22.0. The number of aryl methyl sites for hydroxylation is 1. The van der Waals surface area contributed by atoms with E-state index in [4.69, 9.17) is 9.47 Å². The number of likely N-dealkylation sites (tertiary alicyclic amines) is 1. The van der Waals surface area contributed by atoms with Crippen molar-refractivity contribution in [3.63, 3.8) is 0 Å². The van der Waals surface area contributed by atoms with E-state index in [9.17, 15) is 14.7 Å². The summed E-state index contributed by atoms with van der Waals surface area (Å²) in [4.78, 5) is 30.0. The van der Waals surface area contributed by atoms with E-state index in [2.05, 4.69) is 4.90 Å². The second-order valence-electron chi connectivity index (χ2n) is 8.04. The molecule has 32 heavy (non-hydrogen) atoms. The third-order valence-electron chi connectivity index (χ3n) is 6.10. The molecule has 2 aliphatic heterocycles. The molecule has 0 aliphatic carbocycles. The molecule has 1 atom stereocenters. The van der Waals surface area contributed by atoms with Crippen LogP contribution in [0.5, 0.6) is 5.75 Å². The fraction of sp³-hybridized carbons (Fsp3) is 0.360. The summed E-state index contributed by atoms with van der Waals surface area (Å²) in [6.07, 6.45) is 0. The molecule has 2 aromatic carbocycles. The van der Waals surface area contributed by atoms with Gasteiger partial charge in [0.25, 0.3) is 11.7 Å². The highest BCUT2D eigenvalue weighted by Gasteiger charge is 2.46. The van der Waals surface area contributed by atoms with Crippen LogP contribution < -0.4 is 4.74 Å². The molecule has 0 saturated carbocycles. The molecule has 0 radical (unpaired) electrons. The van der Waals surface area contributed by atoms with Crippen molar-refractivity contribution in [2.75, 3.05) is 46.5 Å². The first-order chi connectivity index (χ1) is 15.5. The third kappa shape index (κ3) is 4.26. The van der Waals surface area contributed by atoms with Crippen molar-refractivity contribution in [1.82, 2.24) is 9.80 Å². The number of aliphatic hydroxyl groups excluding tert-OH is 1.